The van der Waals surface area contributed by atoms with E-state index in [9.17, 15) is 9.59 Å². The van der Waals surface area contributed by atoms with Crippen LogP contribution in [0.2, 0.25) is 0 Å². The maximum absolute atomic E-state index is 12.5. The standard InChI is InChI=1S/C18H29N5O3/c1-21-8-5-19-16(21)13-20-18(25)15-3-4-17(24)23(14-15)7-2-6-22-9-11-26-12-10-22/h5,8,15H,2-4,6-7,9-14H2,1H3,(H,20,25)/t15-/m1/s1. The summed E-state index contributed by atoms with van der Waals surface area (Å²) in [6, 6.07) is 0. The second-order valence-corrected chi connectivity index (χ2v) is 7.06. The van der Waals surface area contributed by atoms with Crippen LogP contribution in [0.15, 0.2) is 12.4 Å². The molecule has 2 saturated heterocycles. The van der Waals surface area contributed by atoms with Crippen LogP contribution in [0.1, 0.15) is 25.1 Å². The van der Waals surface area contributed by atoms with Crippen LogP contribution in [-0.4, -0.2) is 77.1 Å². The van der Waals surface area contributed by atoms with Crippen LogP contribution in [0.5, 0.6) is 0 Å². The Morgan fingerprint density at radius 1 is 1.35 bits per heavy atom. The number of aromatic nitrogens is 2. The maximum Gasteiger partial charge on any atom is 0.225 e. The third-order valence-electron chi connectivity index (χ3n) is 5.22. The number of hydrogen-bond donors (Lipinski definition) is 1. The van der Waals surface area contributed by atoms with Crippen LogP contribution >= 0.6 is 0 Å². The Hall–Kier alpha value is -1.93. The van der Waals surface area contributed by atoms with Crippen molar-refractivity contribution in [3.63, 3.8) is 0 Å². The molecule has 1 aromatic rings. The monoisotopic (exact) mass is 363 g/mol. The number of morpholine rings is 1. The van der Waals surface area contributed by atoms with E-state index in [0.717, 1.165) is 51.6 Å². The van der Waals surface area contributed by atoms with Gasteiger partial charge in [-0.15, -0.1) is 0 Å². The number of carbonyl (C=O) groups is 2. The summed E-state index contributed by atoms with van der Waals surface area (Å²) in [7, 11) is 1.91. The van der Waals surface area contributed by atoms with E-state index in [-0.39, 0.29) is 17.7 Å². The zero-order valence-corrected chi connectivity index (χ0v) is 15.5. The van der Waals surface area contributed by atoms with Gasteiger partial charge in [-0.1, -0.05) is 0 Å². The summed E-state index contributed by atoms with van der Waals surface area (Å²) in [5.41, 5.74) is 0. The molecule has 8 nitrogen and oxygen atoms in total. The minimum Gasteiger partial charge on any atom is -0.379 e. The molecule has 0 aromatic carbocycles. The molecule has 0 radical (unpaired) electrons. The van der Waals surface area contributed by atoms with Crippen molar-refractivity contribution in [2.24, 2.45) is 13.0 Å². The normalized spacial score (nSPS) is 21.8. The SMILES string of the molecule is Cn1ccnc1CNC(=O)[C@@H]1CCC(=O)N(CCCN2CCOCC2)C1. The molecular formula is C18H29N5O3. The van der Waals surface area contributed by atoms with E-state index < -0.39 is 0 Å². The van der Waals surface area contributed by atoms with Crippen LogP contribution in [0.4, 0.5) is 0 Å². The van der Waals surface area contributed by atoms with Gasteiger partial charge in [-0.3, -0.25) is 14.5 Å². The van der Waals surface area contributed by atoms with E-state index in [1.807, 2.05) is 22.7 Å². The fourth-order valence-corrected chi connectivity index (χ4v) is 3.53. The zero-order valence-electron chi connectivity index (χ0n) is 15.5. The van der Waals surface area contributed by atoms with Crippen LogP contribution in [0, 0.1) is 5.92 Å². The molecule has 0 spiro atoms. The smallest absolute Gasteiger partial charge is 0.225 e. The summed E-state index contributed by atoms with van der Waals surface area (Å²) < 4.78 is 7.25. The number of aryl methyl sites for hydroxylation is 1. The summed E-state index contributed by atoms with van der Waals surface area (Å²) in [6.07, 6.45) is 5.60. The molecule has 1 atom stereocenters. The third-order valence-corrected chi connectivity index (χ3v) is 5.22. The van der Waals surface area contributed by atoms with Gasteiger partial charge in [0.1, 0.15) is 5.82 Å². The molecule has 26 heavy (non-hydrogen) atoms. The minimum atomic E-state index is -0.128. The van der Waals surface area contributed by atoms with E-state index in [2.05, 4.69) is 15.2 Å². The van der Waals surface area contributed by atoms with Crippen LogP contribution < -0.4 is 5.32 Å². The topological polar surface area (TPSA) is 79.7 Å². The van der Waals surface area contributed by atoms with Gasteiger partial charge in [0.15, 0.2) is 0 Å². The second-order valence-electron chi connectivity index (χ2n) is 7.06. The molecule has 3 heterocycles. The summed E-state index contributed by atoms with van der Waals surface area (Å²) >= 11 is 0. The van der Waals surface area contributed by atoms with Gasteiger partial charge in [0.2, 0.25) is 11.8 Å². The first-order valence-corrected chi connectivity index (χ1v) is 9.45. The Labute approximate surface area is 154 Å². The molecule has 3 rings (SSSR count). The number of rotatable bonds is 7. The molecule has 0 bridgehead atoms. The van der Waals surface area contributed by atoms with Crippen molar-refractivity contribution in [3.05, 3.63) is 18.2 Å². The van der Waals surface area contributed by atoms with Gasteiger partial charge in [-0.05, 0) is 12.8 Å². The highest BCUT2D eigenvalue weighted by Gasteiger charge is 2.30. The van der Waals surface area contributed by atoms with Gasteiger partial charge in [0.05, 0.1) is 25.7 Å². The number of nitrogens with one attached hydrogen (secondary N) is 1. The number of imidazole rings is 1. The molecule has 0 unspecified atom stereocenters. The number of hydrogen-bond acceptors (Lipinski definition) is 5. The lowest BCUT2D eigenvalue weighted by Gasteiger charge is -2.33. The summed E-state index contributed by atoms with van der Waals surface area (Å²) in [6.45, 7) is 6.15. The lowest BCUT2D eigenvalue weighted by Crippen LogP contribution is -2.46. The van der Waals surface area contributed by atoms with Crippen molar-refractivity contribution < 1.29 is 14.3 Å². The number of ether oxygens (including phenoxy) is 1. The highest BCUT2D eigenvalue weighted by molar-refractivity contribution is 5.83. The second kappa shape index (κ2) is 9.14. The Balaban J connectivity index is 1.42. The summed E-state index contributed by atoms with van der Waals surface area (Å²) in [4.78, 5) is 33.1. The van der Waals surface area contributed by atoms with Gasteiger partial charge in [-0.2, -0.15) is 0 Å². The number of carbonyl (C=O) groups excluding carboxylic acids is 2. The molecule has 144 valence electrons. The first kappa shape index (κ1) is 18.8. The predicted octanol–water partition coefficient (Wildman–Crippen LogP) is -0.00280. The van der Waals surface area contributed by atoms with E-state index in [0.29, 0.717) is 25.9 Å². The average molecular weight is 363 g/mol. The molecule has 2 amide bonds. The number of nitrogens with zero attached hydrogens (tertiary/aromatic N) is 4. The first-order chi connectivity index (χ1) is 12.6. The Morgan fingerprint density at radius 3 is 2.88 bits per heavy atom. The van der Waals surface area contributed by atoms with Crippen molar-refractivity contribution in [1.82, 2.24) is 24.7 Å². The van der Waals surface area contributed by atoms with Crippen molar-refractivity contribution in [3.8, 4) is 0 Å². The van der Waals surface area contributed by atoms with Crippen LogP contribution in [0.25, 0.3) is 0 Å². The number of amides is 2. The number of piperidine rings is 1. The van der Waals surface area contributed by atoms with Gasteiger partial charge < -0.3 is 19.5 Å². The third kappa shape index (κ3) is 5.04. The highest BCUT2D eigenvalue weighted by atomic mass is 16.5. The molecule has 0 saturated carbocycles. The quantitative estimate of drug-likeness (QED) is 0.738. The molecule has 2 aliphatic rings. The van der Waals surface area contributed by atoms with E-state index in [1.165, 1.54) is 0 Å². The number of likely N-dealkylation sites (tertiary alicyclic amines) is 1. The molecule has 2 aliphatic heterocycles. The summed E-state index contributed by atoms with van der Waals surface area (Å²) in [5, 5.41) is 2.96. The van der Waals surface area contributed by atoms with Crippen molar-refractivity contribution in [2.75, 3.05) is 45.9 Å². The molecule has 2 fully saturated rings. The van der Waals surface area contributed by atoms with Crippen molar-refractivity contribution in [2.45, 2.75) is 25.8 Å². The predicted molar refractivity (Wildman–Crippen MR) is 96.2 cm³/mol. The Morgan fingerprint density at radius 2 is 2.15 bits per heavy atom. The molecule has 1 aromatic heterocycles. The van der Waals surface area contributed by atoms with Crippen LogP contribution in [0.3, 0.4) is 0 Å². The fraction of sp³-hybridized carbons (Fsp3) is 0.722. The Bertz CT molecular complexity index is 612. The van der Waals surface area contributed by atoms with Crippen LogP contribution in [-0.2, 0) is 27.9 Å². The largest absolute Gasteiger partial charge is 0.379 e. The molecule has 0 aliphatic carbocycles. The first-order valence-electron chi connectivity index (χ1n) is 9.45. The minimum absolute atomic E-state index is 0.0127. The fourth-order valence-electron chi connectivity index (χ4n) is 3.53. The maximum atomic E-state index is 12.5. The molecule has 1 N–H and O–H groups in total. The van der Waals surface area contributed by atoms with Crippen molar-refractivity contribution >= 4 is 11.8 Å². The van der Waals surface area contributed by atoms with E-state index in [1.54, 1.807) is 6.20 Å². The van der Waals surface area contributed by atoms with E-state index >= 15 is 0 Å². The lowest BCUT2D eigenvalue weighted by atomic mass is 9.96. The average Bonchev–Trinajstić information content (AvgIpc) is 3.07. The Kier molecular flexibility index (Phi) is 6.62. The van der Waals surface area contributed by atoms with E-state index in [4.69, 9.17) is 4.74 Å². The lowest BCUT2D eigenvalue weighted by molar-refractivity contribution is -0.138. The van der Waals surface area contributed by atoms with Gasteiger partial charge >= 0.3 is 0 Å². The van der Waals surface area contributed by atoms with Gasteiger partial charge in [0.25, 0.3) is 0 Å². The highest BCUT2D eigenvalue weighted by Crippen LogP contribution is 2.18. The van der Waals surface area contributed by atoms with Gasteiger partial charge in [0, 0.05) is 58.6 Å². The van der Waals surface area contributed by atoms with Crippen molar-refractivity contribution in [1.29, 1.82) is 0 Å². The zero-order chi connectivity index (χ0) is 18.4. The molecular weight excluding hydrogens is 334 g/mol. The summed E-state index contributed by atoms with van der Waals surface area (Å²) in [5.74, 6) is 0.878. The van der Waals surface area contributed by atoms with Gasteiger partial charge in [-0.25, -0.2) is 4.98 Å². The molecule has 8 heteroatoms.